The van der Waals surface area contributed by atoms with E-state index in [4.69, 9.17) is 0 Å². The molecule has 126 valence electrons. The van der Waals surface area contributed by atoms with E-state index in [1.165, 1.54) is 12.1 Å². The van der Waals surface area contributed by atoms with Gasteiger partial charge >= 0.3 is 6.18 Å². The molecule has 4 nitrogen and oxygen atoms in total. The van der Waals surface area contributed by atoms with Gasteiger partial charge in [0.2, 0.25) is 11.8 Å². The van der Waals surface area contributed by atoms with E-state index in [0.717, 1.165) is 18.6 Å². The van der Waals surface area contributed by atoms with Gasteiger partial charge in [0.05, 0.1) is 11.6 Å². The van der Waals surface area contributed by atoms with Crippen LogP contribution >= 0.6 is 0 Å². The van der Waals surface area contributed by atoms with Crippen molar-refractivity contribution in [1.82, 2.24) is 10.2 Å². The average molecular weight is 328 g/mol. The minimum atomic E-state index is -4.45. The van der Waals surface area contributed by atoms with Crippen LogP contribution in [0.2, 0.25) is 0 Å². The van der Waals surface area contributed by atoms with E-state index < -0.39 is 17.8 Å². The number of likely N-dealkylation sites (tertiary alicyclic amines) is 1. The maximum Gasteiger partial charge on any atom is 0.416 e. The van der Waals surface area contributed by atoms with E-state index in [1.807, 2.05) is 0 Å². The van der Waals surface area contributed by atoms with Crippen molar-refractivity contribution < 1.29 is 22.8 Å². The summed E-state index contributed by atoms with van der Waals surface area (Å²) in [4.78, 5) is 25.0. The van der Waals surface area contributed by atoms with Gasteiger partial charge in [-0.15, -0.1) is 0 Å². The topological polar surface area (TPSA) is 49.4 Å². The molecule has 1 fully saturated rings. The Morgan fingerprint density at radius 3 is 2.70 bits per heavy atom. The monoisotopic (exact) mass is 328 g/mol. The average Bonchev–Trinajstić information content (AvgIpc) is 2.91. The molecule has 2 rings (SSSR count). The lowest BCUT2D eigenvalue weighted by molar-refractivity contribution is -0.137. The standard InChI is InChI=1S/C16H19F3N2O2/c1-2-14(22)20-13(10-21-8-4-7-15(21)23)11-5-3-6-12(9-11)16(17,18)19/h3,5-6,9,13H,2,4,7-8,10H2,1H3,(H,20,22). The normalized spacial score (nSPS) is 16.5. The summed E-state index contributed by atoms with van der Waals surface area (Å²) in [7, 11) is 0. The van der Waals surface area contributed by atoms with Gasteiger partial charge in [0, 0.05) is 25.9 Å². The van der Waals surface area contributed by atoms with Crippen LogP contribution in [0.3, 0.4) is 0 Å². The van der Waals surface area contributed by atoms with Crippen molar-refractivity contribution in [2.24, 2.45) is 0 Å². The zero-order chi connectivity index (χ0) is 17.0. The number of carbonyl (C=O) groups excluding carboxylic acids is 2. The molecule has 7 heteroatoms. The first-order valence-electron chi connectivity index (χ1n) is 7.55. The van der Waals surface area contributed by atoms with E-state index in [2.05, 4.69) is 5.32 Å². The molecule has 0 bridgehead atoms. The van der Waals surface area contributed by atoms with Crippen LogP contribution in [0.5, 0.6) is 0 Å². The van der Waals surface area contributed by atoms with Crippen LogP contribution < -0.4 is 5.32 Å². The predicted molar refractivity (Wildman–Crippen MR) is 78.4 cm³/mol. The van der Waals surface area contributed by atoms with Crippen molar-refractivity contribution in [2.75, 3.05) is 13.1 Å². The highest BCUT2D eigenvalue weighted by Gasteiger charge is 2.32. The smallest absolute Gasteiger partial charge is 0.348 e. The van der Waals surface area contributed by atoms with Gasteiger partial charge in [-0.3, -0.25) is 9.59 Å². The molecule has 1 saturated heterocycles. The Bertz CT molecular complexity index is 587. The molecule has 1 aliphatic heterocycles. The molecule has 0 radical (unpaired) electrons. The van der Waals surface area contributed by atoms with E-state index in [1.54, 1.807) is 11.8 Å². The number of hydrogen-bond donors (Lipinski definition) is 1. The van der Waals surface area contributed by atoms with Crippen LogP contribution in [0.4, 0.5) is 13.2 Å². The van der Waals surface area contributed by atoms with Crippen molar-refractivity contribution in [3.05, 3.63) is 35.4 Å². The Morgan fingerprint density at radius 1 is 1.39 bits per heavy atom. The molecule has 1 atom stereocenters. The summed E-state index contributed by atoms with van der Waals surface area (Å²) < 4.78 is 38.6. The Hall–Kier alpha value is -2.05. The van der Waals surface area contributed by atoms with E-state index in [-0.39, 0.29) is 24.8 Å². The molecule has 0 saturated carbocycles. The van der Waals surface area contributed by atoms with E-state index >= 15 is 0 Å². The Labute approximate surface area is 132 Å². The predicted octanol–water partition coefficient (Wildman–Crippen LogP) is 2.90. The number of nitrogens with zero attached hydrogens (tertiary/aromatic N) is 1. The second-order valence-corrected chi connectivity index (χ2v) is 5.54. The summed E-state index contributed by atoms with van der Waals surface area (Å²) in [5.74, 6) is -0.299. The molecule has 1 unspecified atom stereocenters. The lowest BCUT2D eigenvalue weighted by atomic mass is 10.0. The summed E-state index contributed by atoms with van der Waals surface area (Å²) in [6.07, 6.45) is -3.05. The van der Waals surface area contributed by atoms with Crippen molar-refractivity contribution in [2.45, 2.75) is 38.4 Å². The molecule has 0 spiro atoms. The Morgan fingerprint density at radius 2 is 2.13 bits per heavy atom. The number of hydrogen-bond acceptors (Lipinski definition) is 2. The van der Waals surface area contributed by atoms with Crippen LogP contribution in [0.1, 0.15) is 43.4 Å². The number of benzene rings is 1. The third-order valence-corrected chi connectivity index (χ3v) is 3.85. The van der Waals surface area contributed by atoms with Crippen molar-refractivity contribution >= 4 is 11.8 Å². The third kappa shape index (κ3) is 4.46. The van der Waals surface area contributed by atoms with E-state index in [0.29, 0.717) is 18.5 Å². The number of nitrogens with one attached hydrogen (secondary N) is 1. The molecule has 1 N–H and O–H groups in total. The van der Waals surface area contributed by atoms with Crippen LogP contribution in [0.25, 0.3) is 0 Å². The lowest BCUT2D eigenvalue weighted by Gasteiger charge is -2.25. The Balaban J connectivity index is 2.25. The molecular weight excluding hydrogens is 309 g/mol. The fourth-order valence-corrected chi connectivity index (χ4v) is 2.58. The van der Waals surface area contributed by atoms with Gasteiger partial charge in [0.1, 0.15) is 0 Å². The van der Waals surface area contributed by atoms with Gasteiger partial charge in [-0.1, -0.05) is 19.1 Å². The van der Waals surface area contributed by atoms with Gasteiger partial charge in [0.25, 0.3) is 0 Å². The first kappa shape index (κ1) is 17.3. The molecule has 2 amide bonds. The van der Waals surface area contributed by atoms with Crippen molar-refractivity contribution in [3.8, 4) is 0 Å². The quantitative estimate of drug-likeness (QED) is 0.903. The van der Waals surface area contributed by atoms with Crippen molar-refractivity contribution in [3.63, 3.8) is 0 Å². The first-order chi connectivity index (χ1) is 10.8. The third-order valence-electron chi connectivity index (χ3n) is 3.85. The van der Waals surface area contributed by atoms with Crippen LogP contribution in [-0.2, 0) is 15.8 Å². The van der Waals surface area contributed by atoms with Crippen LogP contribution in [-0.4, -0.2) is 29.8 Å². The number of amides is 2. The number of carbonyl (C=O) groups is 2. The number of halogens is 3. The second kappa shape index (κ2) is 7.02. The maximum atomic E-state index is 12.9. The molecule has 0 aliphatic carbocycles. The number of alkyl halides is 3. The lowest BCUT2D eigenvalue weighted by Crippen LogP contribution is -2.38. The SMILES string of the molecule is CCC(=O)NC(CN1CCCC1=O)c1cccc(C(F)(F)F)c1. The molecule has 1 aromatic carbocycles. The zero-order valence-electron chi connectivity index (χ0n) is 12.8. The van der Waals surface area contributed by atoms with Crippen molar-refractivity contribution in [1.29, 1.82) is 0 Å². The van der Waals surface area contributed by atoms with Gasteiger partial charge in [0.15, 0.2) is 0 Å². The molecule has 0 aromatic heterocycles. The highest BCUT2D eigenvalue weighted by atomic mass is 19.4. The van der Waals surface area contributed by atoms with Gasteiger partial charge in [-0.25, -0.2) is 0 Å². The first-order valence-corrected chi connectivity index (χ1v) is 7.55. The molecule has 1 heterocycles. The Kier molecular flexibility index (Phi) is 5.28. The second-order valence-electron chi connectivity index (χ2n) is 5.54. The largest absolute Gasteiger partial charge is 0.416 e. The van der Waals surface area contributed by atoms with Gasteiger partial charge < -0.3 is 10.2 Å². The van der Waals surface area contributed by atoms with Crippen LogP contribution in [0, 0.1) is 0 Å². The molecule has 23 heavy (non-hydrogen) atoms. The summed E-state index contributed by atoms with van der Waals surface area (Å²) in [5, 5.41) is 2.71. The fourth-order valence-electron chi connectivity index (χ4n) is 2.58. The van der Waals surface area contributed by atoms with E-state index in [9.17, 15) is 22.8 Å². The molecular formula is C16H19F3N2O2. The zero-order valence-corrected chi connectivity index (χ0v) is 12.8. The maximum absolute atomic E-state index is 12.9. The summed E-state index contributed by atoms with van der Waals surface area (Å²) in [6.45, 7) is 2.42. The summed E-state index contributed by atoms with van der Waals surface area (Å²) in [5.41, 5.74) is -0.417. The summed E-state index contributed by atoms with van der Waals surface area (Å²) >= 11 is 0. The molecule has 1 aliphatic rings. The highest BCUT2D eigenvalue weighted by Crippen LogP contribution is 2.31. The minimum Gasteiger partial charge on any atom is -0.348 e. The number of rotatable bonds is 5. The van der Waals surface area contributed by atoms with Gasteiger partial charge in [-0.2, -0.15) is 13.2 Å². The van der Waals surface area contributed by atoms with Crippen LogP contribution in [0.15, 0.2) is 24.3 Å². The highest BCUT2D eigenvalue weighted by molar-refractivity contribution is 5.78. The summed E-state index contributed by atoms with van der Waals surface area (Å²) in [6, 6.07) is 4.22. The molecule has 1 aromatic rings. The van der Waals surface area contributed by atoms with Gasteiger partial charge in [-0.05, 0) is 24.1 Å². The fraction of sp³-hybridized carbons (Fsp3) is 0.500. The minimum absolute atomic E-state index is 0.0345.